The fourth-order valence-electron chi connectivity index (χ4n) is 9.23. The quantitative estimate of drug-likeness (QED) is 0.0939. The van der Waals surface area contributed by atoms with Gasteiger partial charge in [0.2, 0.25) is 5.69 Å². The van der Waals surface area contributed by atoms with Crippen LogP contribution in [0.1, 0.15) is 49.2 Å². The van der Waals surface area contributed by atoms with Crippen molar-refractivity contribution in [1.29, 1.82) is 0 Å². The molecule has 0 aliphatic carbocycles. The lowest BCUT2D eigenvalue weighted by atomic mass is 9.13. The van der Waals surface area contributed by atoms with E-state index < -0.39 is 6.15 Å². The summed E-state index contributed by atoms with van der Waals surface area (Å²) in [5, 5.41) is 0. The van der Waals surface area contributed by atoms with E-state index in [0.717, 1.165) is 11.3 Å². The number of anilines is 1. The molecule has 2 heterocycles. The molecule has 8 rings (SSSR count). The molecule has 280 valence electrons. The lowest BCUT2D eigenvalue weighted by Crippen LogP contribution is -2.74. The Morgan fingerprint density at radius 1 is 0.625 bits per heavy atom. The molecule has 2 aliphatic heterocycles. The minimum Gasteiger partial charge on any atom is -0.465 e. The molecular formula is C51H51BN2O2. The van der Waals surface area contributed by atoms with Gasteiger partial charge in [-0.05, 0) is 43.7 Å². The predicted octanol–water partition coefficient (Wildman–Crippen LogP) is 8.41. The first-order valence-corrected chi connectivity index (χ1v) is 19.5. The number of esters is 1. The van der Waals surface area contributed by atoms with E-state index in [1.165, 1.54) is 51.6 Å². The molecule has 56 heavy (non-hydrogen) atoms. The zero-order valence-corrected chi connectivity index (χ0v) is 33.6. The molecule has 2 aliphatic rings. The topological polar surface area (TPSA) is 32.6 Å². The van der Waals surface area contributed by atoms with Crippen molar-refractivity contribution in [1.82, 2.24) is 0 Å². The van der Waals surface area contributed by atoms with Crippen molar-refractivity contribution in [3.05, 3.63) is 204 Å². The van der Waals surface area contributed by atoms with Crippen LogP contribution in [0.4, 0.5) is 11.4 Å². The number of fused-ring (bicyclic) bond motifs is 2. The SMILES string of the molecule is COC(=O)c1ccc2c(c1)C(C)(C)/C(=C/C=C/C1=[N+](C)c3ccccc3C1(C)C)N2C.c1ccc([B-](c2ccccc2)(c2ccccc2)c2ccccc2)cc1. The summed E-state index contributed by atoms with van der Waals surface area (Å²) in [5.41, 5.74) is 13.0. The maximum Gasteiger partial charge on any atom is 0.337 e. The van der Waals surface area contributed by atoms with Gasteiger partial charge < -0.3 is 9.64 Å². The second-order valence-corrected chi connectivity index (χ2v) is 15.9. The van der Waals surface area contributed by atoms with Gasteiger partial charge in [-0.1, -0.05) is 159 Å². The minimum atomic E-state index is -1.22. The second kappa shape index (κ2) is 15.5. The van der Waals surface area contributed by atoms with Crippen molar-refractivity contribution >= 4 is 51.1 Å². The molecular weight excluding hydrogens is 683 g/mol. The third-order valence-electron chi connectivity index (χ3n) is 12.1. The number of benzene rings is 6. The Labute approximate surface area is 333 Å². The highest BCUT2D eigenvalue weighted by Crippen LogP contribution is 2.47. The standard InChI is InChI=1S/C27H31N2O2.C24H20B/c1-26(2)19-11-8-9-12-21(19)28(5)23(26)13-10-14-24-27(3,4)20-17-18(25(30)31-7)15-16-22(20)29(24)6;1-5-13-21(14-6-1)25(22-15-7-2-8-16-22,23-17-9-3-10-18-23)24-19-11-4-12-20-24/h8-17H,1-7H3;1-20H/q+1;-1. The molecule has 0 saturated heterocycles. The molecule has 0 N–H and O–H groups in total. The third-order valence-corrected chi connectivity index (χ3v) is 12.1. The van der Waals surface area contributed by atoms with E-state index in [2.05, 4.69) is 215 Å². The first-order chi connectivity index (χ1) is 27.0. The van der Waals surface area contributed by atoms with Gasteiger partial charge in [-0.2, -0.15) is 26.4 Å². The predicted molar refractivity (Wildman–Crippen MR) is 237 cm³/mol. The summed E-state index contributed by atoms with van der Waals surface area (Å²) in [6.45, 7) is 8.95. The number of hydrogen-bond donors (Lipinski definition) is 0. The average molecular weight is 735 g/mol. The van der Waals surface area contributed by atoms with Gasteiger partial charge in [0.05, 0.1) is 18.1 Å². The maximum atomic E-state index is 12.0. The molecule has 0 spiro atoms. The normalized spacial score (nSPS) is 16.0. The Kier molecular flexibility index (Phi) is 10.5. The van der Waals surface area contributed by atoms with Crippen LogP contribution >= 0.6 is 0 Å². The van der Waals surface area contributed by atoms with Crippen LogP contribution in [0.2, 0.25) is 0 Å². The van der Waals surface area contributed by atoms with Gasteiger partial charge in [0.15, 0.2) is 5.71 Å². The number of para-hydroxylation sites is 1. The van der Waals surface area contributed by atoms with Crippen molar-refractivity contribution in [2.75, 3.05) is 26.1 Å². The Hall–Kier alpha value is -6.20. The summed E-state index contributed by atoms with van der Waals surface area (Å²) in [7, 11) is 5.64. The molecule has 0 radical (unpaired) electrons. The van der Waals surface area contributed by atoms with E-state index in [4.69, 9.17) is 4.74 Å². The monoisotopic (exact) mass is 734 g/mol. The van der Waals surface area contributed by atoms with Crippen molar-refractivity contribution in [2.24, 2.45) is 0 Å². The van der Waals surface area contributed by atoms with Gasteiger partial charge >= 0.3 is 5.97 Å². The van der Waals surface area contributed by atoms with Gasteiger partial charge in [0, 0.05) is 41.6 Å². The van der Waals surface area contributed by atoms with Crippen LogP contribution in [-0.4, -0.2) is 43.6 Å². The first-order valence-electron chi connectivity index (χ1n) is 19.5. The summed E-state index contributed by atoms with van der Waals surface area (Å²) >= 11 is 0. The van der Waals surface area contributed by atoms with Crippen LogP contribution in [0.3, 0.4) is 0 Å². The van der Waals surface area contributed by atoms with Crippen LogP contribution in [0, 0.1) is 0 Å². The minimum absolute atomic E-state index is 0.0458. The van der Waals surface area contributed by atoms with Gasteiger partial charge in [0.1, 0.15) is 13.2 Å². The summed E-state index contributed by atoms with van der Waals surface area (Å²) in [6.07, 6.45) is 5.35. The summed E-state index contributed by atoms with van der Waals surface area (Å²) < 4.78 is 7.19. The number of carbonyl (C=O) groups is 1. The number of likely N-dealkylation sites (N-methyl/N-ethyl adjacent to an activating group) is 1. The lowest BCUT2D eigenvalue weighted by molar-refractivity contribution is -0.401. The van der Waals surface area contributed by atoms with Crippen molar-refractivity contribution in [3.63, 3.8) is 0 Å². The summed E-state index contributed by atoms with van der Waals surface area (Å²) in [5.74, 6) is -0.305. The van der Waals surface area contributed by atoms with Crippen LogP contribution in [-0.2, 0) is 15.6 Å². The van der Waals surface area contributed by atoms with E-state index in [9.17, 15) is 4.79 Å². The molecule has 6 aromatic carbocycles. The average Bonchev–Trinajstić information content (AvgIpc) is 3.55. The van der Waals surface area contributed by atoms with Crippen LogP contribution in [0.5, 0.6) is 0 Å². The Balaban J connectivity index is 0.000000175. The van der Waals surface area contributed by atoms with E-state index in [-0.39, 0.29) is 16.8 Å². The number of allylic oxidation sites excluding steroid dienone is 4. The van der Waals surface area contributed by atoms with E-state index in [0.29, 0.717) is 5.56 Å². The Morgan fingerprint density at radius 2 is 1.09 bits per heavy atom. The molecule has 0 atom stereocenters. The zero-order chi connectivity index (χ0) is 39.5. The molecule has 0 saturated carbocycles. The highest BCUT2D eigenvalue weighted by molar-refractivity contribution is 7.19. The molecule has 0 unspecified atom stereocenters. The van der Waals surface area contributed by atoms with E-state index in [1.807, 2.05) is 18.2 Å². The van der Waals surface area contributed by atoms with Gasteiger partial charge in [-0.3, -0.25) is 0 Å². The number of methoxy groups -OCH3 is 1. The fraction of sp³-hybridized carbons (Fsp3) is 0.176. The fourth-order valence-corrected chi connectivity index (χ4v) is 9.23. The van der Waals surface area contributed by atoms with Crippen molar-refractivity contribution in [2.45, 2.75) is 38.5 Å². The largest absolute Gasteiger partial charge is 0.465 e. The number of ether oxygens (including phenoxy) is 1. The maximum absolute atomic E-state index is 12.0. The van der Waals surface area contributed by atoms with E-state index in [1.54, 1.807) is 0 Å². The lowest BCUT2D eigenvalue weighted by Gasteiger charge is -2.44. The zero-order valence-electron chi connectivity index (χ0n) is 33.6. The van der Waals surface area contributed by atoms with Gasteiger partial charge in [-0.15, -0.1) is 0 Å². The molecule has 0 bridgehead atoms. The Morgan fingerprint density at radius 3 is 1.55 bits per heavy atom. The van der Waals surface area contributed by atoms with E-state index >= 15 is 0 Å². The smallest absolute Gasteiger partial charge is 0.337 e. The molecule has 0 fully saturated rings. The summed E-state index contributed by atoms with van der Waals surface area (Å²) in [6, 6.07) is 57.9. The van der Waals surface area contributed by atoms with Crippen molar-refractivity contribution in [3.8, 4) is 0 Å². The summed E-state index contributed by atoms with van der Waals surface area (Å²) in [4.78, 5) is 14.2. The first kappa shape index (κ1) is 38.1. The van der Waals surface area contributed by atoms with Gasteiger partial charge in [0.25, 0.3) is 0 Å². The molecule has 0 amide bonds. The highest BCUT2D eigenvalue weighted by atomic mass is 16.5. The number of rotatable bonds is 7. The molecule has 5 heteroatoms. The number of carbonyl (C=O) groups excluding carboxylic acids is 1. The second-order valence-electron chi connectivity index (χ2n) is 15.9. The number of nitrogens with zero attached hydrogens (tertiary/aromatic N) is 2. The van der Waals surface area contributed by atoms with Crippen molar-refractivity contribution < 1.29 is 14.1 Å². The van der Waals surface area contributed by atoms with Crippen LogP contribution < -0.4 is 26.8 Å². The molecule has 6 aromatic rings. The third kappa shape index (κ3) is 6.62. The van der Waals surface area contributed by atoms with Crippen LogP contribution in [0.25, 0.3) is 0 Å². The Bertz CT molecular complexity index is 2270. The van der Waals surface area contributed by atoms with Gasteiger partial charge in [-0.25, -0.2) is 4.79 Å². The highest BCUT2D eigenvalue weighted by Gasteiger charge is 2.43. The van der Waals surface area contributed by atoms with Crippen LogP contribution in [0.15, 0.2) is 188 Å². The molecule has 4 nitrogen and oxygen atoms in total. The number of hydrogen-bond acceptors (Lipinski definition) is 3. The molecule has 0 aromatic heterocycles.